The molecule has 0 saturated carbocycles. The molecule has 7 heteroatoms. The maximum Gasteiger partial charge on any atom is 0.122 e. The van der Waals surface area contributed by atoms with E-state index < -0.39 is 0 Å². The largest absolute Gasteiger partial charge is 0.382 e. The van der Waals surface area contributed by atoms with Crippen molar-refractivity contribution in [1.82, 2.24) is 0 Å². The van der Waals surface area contributed by atoms with E-state index >= 15 is 0 Å². The van der Waals surface area contributed by atoms with Crippen LogP contribution in [0.4, 0.5) is 0 Å². The Labute approximate surface area is 165 Å². The minimum absolute atomic E-state index is 0.444. The number of carbonyl (C=O) groups excluding carboxylic acids is 1. The van der Waals surface area contributed by atoms with Crippen LogP contribution in [0.1, 0.15) is 44.9 Å². The Morgan fingerprint density at radius 2 is 0.852 bits per heavy atom. The van der Waals surface area contributed by atoms with Crippen molar-refractivity contribution in [3.63, 3.8) is 0 Å². The van der Waals surface area contributed by atoms with Crippen LogP contribution in [0.25, 0.3) is 0 Å². The quantitative estimate of drug-likeness (QED) is 0.185. The van der Waals surface area contributed by atoms with Crippen molar-refractivity contribution in [2.24, 2.45) is 0 Å². The fraction of sp³-hybridized carbons (Fsp3) is 0.950. The zero-order valence-electron chi connectivity index (χ0n) is 17.2. The van der Waals surface area contributed by atoms with Gasteiger partial charge in [0.05, 0.1) is 46.2 Å². The molecule has 0 unspecified atom stereocenters. The molecule has 0 spiro atoms. The molecule has 0 aliphatic heterocycles. The molecule has 0 atom stereocenters. The van der Waals surface area contributed by atoms with Crippen LogP contribution >= 0.6 is 0 Å². The summed E-state index contributed by atoms with van der Waals surface area (Å²) >= 11 is 0. The van der Waals surface area contributed by atoms with Crippen molar-refractivity contribution in [1.29, 1.82) is 0 Å². The summed E-state index contributed by atoms with van der Waals surface area (Å²) in [6.45, 7) is 7.32. The summed E-state index contributed by atoms with van der Waals surface area (Å²) < 4.78 is 32.0. The molecule has 0 aromatic rings. The number of ether oxygens (including phenoxy) is 6. The lowest BCUT2D eigenvalue weighted by Gasteiger charge is -2.07. The predicted octanol–water partition coefficient (Wildman–Crippen LogP) is 2.65. The van der Waals surface area contributed by atoms with Gasteiger partial charge in [-0.15, -0.1) is 0 Å². The molecule has 0 aliphatic rings. The molecule has 0 rings (SSSR count). The Morgan fingerprint density at radius 1 is 0.481 bits per heavy atom. The summed E-state index contributed by atoms with van der Waals surface area (Å²) in [5.74, 6) is 0. The van der Waals surface area contributed by atoms with Crippen molar-refractivity contribution >= 4 is 6.29 Å². The SMILES string of the molecule is COCCOCCCCCOCCCCCOCCOCCOCCC=O. The van der Waals surface area contributed by atoms with Gasteiger partial charge >= 0.3 is 0 Å². The van der Waals surface area contributed by atoms with Crippen LogP contribution in [0.5, 0.6) is 0 Å². The van der Waals surface area contributed by atoms with Crippen molar-refractivity contribution in [3.05, 3.63) is 0 Å². The van der Waals surface area contributed by atoms with Crippen LogP contribution in [-0.4, -0.2) is 86.1 Å². The van der Waals surface area contributed by atoms with Crippen molar-refractivity contribution in [2.75, 3.05) is 79.8 Å². The second-order valence-corrected chi connectivity index (χ2v) is 6.13. The van der Waals surface area contributed by atoms with Gasteiger partial charge in [-0.05, 0) is 38.5 Å². The Kier molecular flexibility index (Phi) is 24.9. The lowest BCUT2D eigenvalue weighted by atomic mass is 10.2. The van der Waals surface area contributed by atoms with Crippen LogP contribution < -0.4 is 0 Å². The molecule has 0 bridgehead atoms. The molecule has 0 fully saturated rings. The first-order chi connectivity index (χ1) is 13.4. The van der Waals surface area contributed by atoms with Gasteiger partial charge in [-0.25, -0.2) is 0 Å². The van der Waals surface area contributed by atoms with Gasteiger partial charge in [0.2, 0.25) is 0 Å². The second-order valence-electron chi connectivity index (χ2n) is 6.13. The third-order valence-electron chi connectivity index (χ3n) is 3.71. The Hall–Kier alpha value is -0.570. The zero-order valence-corrected chi connectivity index (χ0v) is 17.2. The highest BCUT2D eigenvalue weighted by Crippen LogP contribution is 2.00. The van der Waals surface area contributed by atoms with Gasteiger partial charge in [-0.3, -0.25) is 0 Å². The molecule has 0 aromatic carbocycles. The van der Waals surface area contributed by atoms with Crippen LogP contribution in [0.2, 0.25) is 0 Å². The summed E-state index contributed by atoms with van der Waals surface area (Å²) in [4.78, 5) is 10.1. The van der Waals surface area contributed by atoms with Gasteiger partial charge in [-0.1, -0.05) is 0 Å². The summed E-state index contributed by atoms with van der Waals surface area (Å²) in [5.41, 5.74) is 0. The summed E-state index contributed by atoms with van der Waals surface area (Å²) in [6.07, 6.45) is 7.88. The molecule has 0 heterocycles. The standard InChI is InChI=1S/C20H40O7/c1-22-15-16-24-12-6-2-4-10-23-11-5-3-7-13-25-17-19-27-20-18-26-14-8-9-21/h9H,2-8,10-20H2,1H3. The van der Waals surface area contributed by atoms with Gasteiger partial charge in [0, 0.05) is 40.0 Å². The maximum atomic E-state index is 10.1. The van der Waals surface area contributed by atoms with E-state index in [4.69, 9.17) is 28.4 Å². The third kappa shape index (κ3) is 25.4. The number of hydrogen-bond acceptors (Lipinski definition) is 7. The van der Waals surface area contributed by atoms with E-state index in [1.165, 1.54) is 0 Å². The first-order valence-corrected chi connectivity index (χ1v) is 10.2. The molecule has 0 N–H and O–H groups in total. The number of unbranched alkanes of at least 4 members (excludes halogenated alkanes) is 4. The van der Waals surface area contributed by atoms with Gasteiger partial charge in [0.25, 0.3) is 0 Å². The Bertz CT molecular complexity index is 277. The lowest BCUT2D eigenvalue weighted by molar-refractivity contribution is -0.108. The highest BCUT2D eigenvalue weighted by molar-refractivity contribution is 5.49. The van der Waals surface area contributed by atoms with E-state index in [2.05, 4.69) is 0 Å². The minimum Gasteiger partial charge on any atom is -0.382 e. The molecule has 0 saturated heterocycles. The number of rotatable bonds is 24. The molecular formula is C20H40O7. The molecule has 0 amide bonds. The number of methoxy groups -OCH3 is 1. The fourth-order valence-corrected chi connectivity index (χ4v) is 2.19. The fourth-order valence-electron chi connectivity index (χ4n) is 2.19. The number of aldehydes is 1. The second kappa shape index (κ2) is 25.4. The molecule has 0 aromatic heterocycles. The highest BCUT2D eigenvalue weighted by Gasteiger charge is 1.95. The maximum absolute atomic E-state index is 10.1. The summed E-state index contributed by atoms with van der Waals surface area (Å²) in [5, 5.41) is 0. The first-order valence-electron chi connectivity index (χ1n) is 10.2. The monoisotopic (exact) mass is 392 g/mol. The molecular weight excluding hydrogens is 352 g/mol. The Morgan fingerprint density at radius 3 is 1.30 bits per heavy atom. The van der Waals surface area contributed by atoms with Gasteiger partial charge in [-0.2, -0.15) is 0 Å². The molecule has 7 nitrogen and oxygen atoms in total. The summed E-state index contributed by atoms with van der Waals surface area (Å²) in [7, 11) is 1.68. The van der Waals surface area contributed by atoms with Gasteiger partial charge in [0.1, 0.15) is 6.29 Å². The van der Waals surface area contributed by atoms with E-state index in [0.29, 0.717) is 52.7 Å². The van der Waals surface area contributed by atoms with Crippen LogP contribution in [0, 0.1) is 0 Å². The highest BCUT2D eigenvalue weighted by atomic mass is 16.5. The summed E-state index contributed by atoms with van der Waals surface area (Å²) in [6, 6.07) is 0. The smallest absolute Gasteiger partial charge is 0.122 e. The minimum atomic E-state index is 0.444. The van der Waals surface area contributed by atoms with Gasteiger partial charge in [0.15, 0.2) is 0 Å². The number of hydrogen-bond donors (Lipinski definition) is 0. The van der Waals surface area contributed by atoms with Crippen LogP contribution in [0.15, 0.2) is 0 Å². The predicted molar refractivity (Wildman–Crippen MR) is 104 cm³/mol. The normalized spacial score (nSPS) is 11.1. The molecule has 0 aliphatic carbocycles. The van der Waals surface area contributed by atoms with E-state index in [1.54, 1.807) is 7.11 Å². The average Bonchev–Trinajstić information content (AvgIpc) is 2.68. The zero-order chi connectivity index (χ0) is 19.7. The Balaban J connectivity index is 2.96. The molecule has 0 radical (unpaired) electrons. The van der Waals surface area contributed by atoms with Crippen molar-refractivity contribution < 1.29 is 33.2 Å². The van der Waals surface area contributed by atoms with E-state index in [-0.39, 0.29) is 0 Å². The van der Waals surface area contributed by atoms with E-state index in [9.17, 15) is 4.79 Å². The lowest BCUT2D eigenvalue weighted by Crippen LogP contribution is -2.10. The average molecular weight is 393 g/mol. The van der Waals surface area contributed by atoms with E-state index in [1.807, 2.05) is 0 Å². The van der Waals surface area contributed by atoms with Crippen LogP contribution in [0.3, 0.4) is 0 Å². The molecule has 27 heavy (non-hydrogen) atoms. The van der Waals surface area contributed by atoms with Gasteiger partial charge < -0.3 is 33.2 Å². The third-order valence-corrected chi connectivity index (χ3v) is 3.71. The molecule has 162 valence electrons. The van der Waals surface area contributed by atoms with Crippen molar-refractivity contribution in [3.8, 4) is 0 Å². The first kappa shape index (κ1) is 26.4. The van der Waals surface area contributed by atoms with Crippen LogP contribution in [-0.2, 0) is 33.2 Å². The number of carbonyl (C=O) groups is 1. The van der Waals surface area contributed by atoms with Crippen molar-refractivity contribution in [2.45, 2.75) is 44.9 Å². The topological polar surface area (TPSA) is 72.5 Å². The van der Waals surface area contributed by atoms with E-state index in [0.717, 1.165) is 71.2 Å².